The predicted octanol–water partition coefficient (Wildman–Crippen LogP) is 2.61. The zero-order valence-corrected chi connectivity index (χ0v) is 8.98. The van der Waals surface area contributed by atoms with Gasteiger partial charge in [-0.25, -0.2) is 0 Å². The molecule has 3 atom stereocenters. The van der Waals surface area contributed by atoms with Crippen molar-refractivity contribution in [1.82, 2.24) is 0 Å². The van der Waals surface area contributed by atoms with Crippen LogP contribution < -0.4 is 0 Å². The van der Waals surface area contributed by atoms with E-state index in [1.165, 1.54) is 11.1 Å². The van der Waals surface area contributed by atoms with E-state index >= 15 is 0 Å². The Bertz CT molecular complexity index is 332. The number of rotatable bonds is 1. The second-order valence-corrected chi connectivity index (χ2v) is 4.58. The van der Waals surface area contributed by atoms with E-state index in [1.807, 2.05) is 0 Å². The summed E-state index contributed by atoms with van der Waals surface area (Å²) in [6.07, 6.45) is 3.10. The van der Waals surface area contributed by atoms with E-state index in [1.54, 1.807) is 0 Å². The molecule has 2 heteroatoms. The molecular formula is C13H16O2. The number of fused-ring (bicyclic) bond motifs is 2. The summed E-state index contributed by atoms with van der Waals surface area (Å²) in [6.45, 7) is 2.89. The lowest BCUT2D eigenvalue weighted by Gasteiger charge is -2.27. The van der Waals surface area contributed by atoms with Crippen molar-refractivity contribution in [2.24, 2.45) is 0 Å². The maximum atomic E-state index is 5.98. The summed E-state index contributed by atoms with van der Waals surface area (Å²) in [4.78, 5) is 0. The number of aryl methyl sites for hydroxylation is 1. The normalized spacial score (nSPS) is 34.3. The van der Waals surface area contributed by atoms with Crippen LogP contribution in [0.25, 0.3) is 0 Å². The summed E-state index contributed by atoms with van der Waals surface area (Å²) < 4.78 is 11.6. The van der Waals surface area contributed by atoms with Gasteiger partial charge in [-0.2, -0.15) is 0 Å². The number of hydrogen-bond donors (Lipinski definition) is 0. The van der Waals surface area contributed by atoms with Crippen molar-refractivity contribution in [3.8, 4) is 0 Å². The highest BCUT2D eigenvalue weighted by atomic mass is 16.6. The minimum absolute atomic E-state index is 0.247. The molecule has 0 spiro atoms. The molecule has 0 saturated carbocycles. The first-order valence-electron chi connectivity index (χ1n) is 5.65. The lowest BCUT2D eigenvalue weighted by atomic mass is 9.97. The van der Waals surface area contributed by atoms with Gasteiger partial charge < -0.3 is 9.47 Å². The van der Waals surface area contributed by atoms with Gasteiger partial charge in [0, 0.05) is 12.8 Å². The molecule has 3 rings (SSSR count). The van der Waals surface area contributed by atoms with Crippen LogP contribution in [0.5, 0.6) is 0 Å². The van der Waals surface area contributed by atoms with Crippen LogP contribution in [0.1, 0.15) is 30.1 Å². The smallest absolute Gasteiger partial charge is 0.0854 e. The van der Waals surface area contributed by atoms with Crippen LogP contribution in [-0.2, 0) is 9.47 Å². The Kier molecular flexibility index (Phi) is 2.26. The van der Waals surface area contributed by atoms with Gasteiger partial charge in [0.05, 0.1) is 24.9 Å². The summed E-state index contributed by atoms with van der Waals surface area (Å²) >= 11 is 0. The highest BCUT2D eigenvalue weighted by molar-refractivity contribution is 5.23. The molecule has 0 unspecified atom stereocenters. The minimum Gasteiger partial charge on any atom is -0.375 e. The van der Waals surface area contributed by atoms with Crippen LogP contribution in [0.3, 0.4) is 0 Å². The standard InChI is InChI=1S/C13H16O2/c1-9-2-4-10(5-3-9)13-7-11-6-12(15-13)8-14-11/h2-5,11-13H,6-8H2,1H3/t11-,12-,13-/m0/s1. The van der Waals surface area contributed by atoms with E-state index in [4.69, 9.17) is 9.47 Å². The molecule has 2 nitrogen and oxygen atoms in total. The summed E-state index contributed by atoms with van der Waals surface area (Å²) in [5.41, 5.74) is 2.59. The summed E-state index contributed by atoms with van der Waals surface area (Å²) in [5.74, 6) is 0. The molecule has 80 valence electrons. The third-order valence-electron chi connectivity index (χ3n) is 3.33. The molecule has 2 aliphatic rings. The Labute approximate surface area is 90.2 Å². The van der Waals surface area contributed by atoms with Gasteiger partial charge in [0.25, 0.3) is 0 Å². The fraction of sp³-hybridized carbons (Fsp3) is 0.538. The van der Waals surface area contributed by atoms with Gasteiger partial charge in [0.2, 0.25) is 0 Å². The first kappa shape index (κ1) is 9.37. The van der Waals surface area contributed by atoms with Gasteiger partial charge in [-0.1, -0.05) is 29.8 Å². The van der Waals surface area contributed by atoms with Crippen LogP contribution in [-0.4, -0.2) is 18.8 Å². The predicted molar refractivity (Wildman–Crippen MR) is 57.8 cm³/mol. The molecule has 0 aliphatic carbocycles. The molecule has 2 bridgehead atoms. The molecule has 2 saturated heterocycles. The summed E-state index contributed by atoms with van der Waals surface area (Å²) in [5, 5.41) is 0. The molecule has 2 aliphatic heterocycles. The van der Waals surface area contributed by atoms with Gasteiger partial charge in [-0.3, -0.25) is 0 Å². The summed E-state index contributed by atoms with van der Waals surface area (Å²) in [7, 11) is 0. The number of ether oxygens (including phenoxy) is 2. The van der Waals surface area contributed by atoms with E-state index in [2.05, 4.69) is 31.2 Å². The maximum absolute atomic E-state index is 5.98. The van der Waals surface area contributed by atoms with Crippen LogP contribution in [0, 0.1) is 6.92 Å². The average Bonchev–Trinajstić information content (AvgIpc) is 2.59. The fourth-order valence-electron chi connectivity index (χ4n) is 2.45. The molecule has 0 aromatic heterocycles. The topological polar surface area (TPSA) is 18.5 Å². The average molecular weight is 204 g/mol. The second kappa shape index (κ2) is 3.62. The first-order chi connectivity index (χ1) is 7.31. The van der Waals surface area contributed by atoms with Gasteiger partial charge in [0.15, 0.2) is 0 Å². The number of hydrogen-bond acceptors (Lipinski definition) is 2. The van der Waals surface area contributed by atoms with Crippen molar-refractivity contribution in [2.45, 2.75) is 38.1 Å². The Morgan fingerprint density at radius 2 is 1.87 bits per heavy atom. The monoisotopic (exact) mass is 204 g/mol. The molecule has 0 amide bonds. The second-order valence-electron chi connectivity index (χ2n) is 4.58. The number of benzene rings is 1. The molecule has 15 heavy (non-hydrogen) atoms. The minimum atomic E-state index is 0.247. The van der Waals surface area contributed by atoms with Crippen LogP contribution in [0.2, 0.25) is 0 Å². The van der Waals surface area contributed by atoms with Gasteiger partial charge in [-0.05, 0) is 12.5 Å². The van der Waals surface area contributed by atoms with Crippen molar-refractivity contribution < 1.29 is 9.47 Å². The van der Waals surface area contributed by atoms with Gasteiger partial charge in [-0.15, -0.1) is 0 Å². The lowest BCUT2D eigenvalue weighted by molar-refractivity contribution is -0.0313. The van der Waals surface area contributed by atoms with Crippen molar-refractivity contribution in [3.05, 3.63) is 35.4 Å². The molecule has 0 N–H and O–H groups in total. The van der Waals surface area contributed by atoms with E-state index in [0.29, 0.717) is 12.2 Å². The largest absolute Gasteiger partial charge is 0.375 e. The van der Waals surface area contributed by atoms with E-state index in [0.717, 1.165) is 19.4 Å². The van der Waals surface area contributed by atoms with E-state index < -0.39 is 0 Å². The van der Waals surface area contributed by atoms with Crippen LogP contribution in [0.15, 0.2) is 24.3 Å². The van der Waals surface area contributed by atoms with Crippen molar-refractivity contribution in [1.29, 1.82) is 0 Å². The molecule has 1 aromatic rings. The van der Waals surface area contributed by atoms with Crippen molar-refractivity contribution in [2.75, 3.05) is 6.61 Å². The Balaban J connectivity index is 1.80. The maximum Gasteiger partial charge on any atom is 0.0854 e. The third kappa shape index (κ3) is 1.80. The Hall–Kier alpha value is -0.860. The van der Waals surface area contributed by atoms with Crippen molar-refractivity contribution >= 4 is 0 Å². The van der Waals surface area contributed by atoms with E-state index in [9.17, 15) is 0 Å². The third-order valence-corrected chi connectivity index (χ3v) is 3.33. The molecule has 2 heterocycles. The van der Waals surface area contributed by atoms with Gasteiger partial charge in [0.1, 0.15) is 0 Å². The van der Waals surface area contributed by atoms with Crippen LogP contribution in [0.4, 0.5) is 0 Å². The molecule has 1 aromatic carbocycles. The fourth-order valence-corrected chi connectivity index (χ4v) is 2.45. The highest BCUT2D eigenvalue weighted by Crippen LogP contribution is 2.36. The summed E-state index contributed by atoms with van der Waals surface area (Å²) in [6, 6.07) is 8.64. The quantitative estimate of drug-likeness (QED) is 0.700. The highest BCUT2D eigenvalue weighted by Gasteiger charge is 2.36. The molecular weight excluding hydrogens is 188 g/mol. The van der Waals surface area contributed by atoms with Crippen LogP contribution >= 0.6 is 0 Å². The lowest BCUT2D eigenvalue weighted by Crippen LogP contribution is -2.24. The Morgan fingerprint density at radius 3 is 2.60 bits per heavy atom. The molecule has 2 fully saturated rings. The SMILES string of the molecule is Cc1ccc([C@@H]2C[C@@H]3C[C@@H](CO3)O2)cc1. The van der Waals surface area contributed by atoms with Gasteiger partial charge >= 0.3 is 0 Å². The Morgan fingerprint density at radius 1 is 1.07 bits per heavy atom. The van der Waals surface area contributed by atoms with E-state index in [-0.39, 0.29) is 6.10 Å². The zero-order chi connectivity index (χ0) is 10.3. The first-order valence-corrected chi connectivity index (χ1v) is 5.65. The van der Waals surface area contributed by atoms with Crippen molar-refractivity contribution in [3.63, 3.8) is 0 Å². The molecule has 0 radical (unpaired) electrons. The zero-order valence-electron chi connectivity index (χ0n) is 8.98.